The Morgan fingerprint density at radius 1 is 1.14 bits per heavy atom. The number of thiazole rings is 1. The zero-order chi connectivity index (χ0) is 15.9. The molecular formula is C14H8ClF3N2OS. The van der Waals surface area contributed by atoms with E-state index in [0.717, 1.165) is 22.1 Å². The largest absolute Gasteiger partial charge is 0.495 e. The van der Waals surface area contributed by atoms with Crippen molar-refractivity contribution < 1.29 is 17.9 Å². The molecule has 0 saturated carbocycles. The Bertz CT molecular complexity index is 848. The Morgan fingerprint density at radius 2 is 1.86 bits per heavy atom. The molecule has 0 bridgehead atoms. The van der Waals surface area contributed by atoms with Crippen molar-refractivity contribution >= 4 is 33.8 Å². The highest BCUT2D eigenvalue weighted by Gasteiger charge is 2.34. The molecule has 0 radical (unpaired) electrons. The van der Waals surface area contributed by atoms with Crippen LogP contribution in [0.3, 0.4) is 0 Å². The van der Waals surface area contributed by atoms with E-state index in [0.29, 0.717) is 22.0 Å². The average molecular weight is 345 g/mol. The number of fused-ring (bicyclic) bond motifs is 1. The smallest absolute Gasteiger partial charge is 0.434 e. The second-order valence-electron chi connectivity index (χ2n) is 4.39. The van der Waals surface area contributed by atoms with Gasteiger partial charge in [-0.25, -0.2) is 9.97 Å². The second-order valence-corrected chi connectivity index (χ2v) is 5.62. The fourth-order valence-electron chi connectivity index (χ4n) is 1.93. The van der Waals surface area contributed by atoms with Crippen molar-refractivity contribution in [3.8, 4) is 16.5 Å². The lowest BCUT2D eigenvalue weighted by Gasteiger charge is -2.07. The number of nitrogens with zero attached hydrogens (tertiary/aromatic N) is 2. The summed E-state index contributed by atoms with van der Waals surface area (Å²) in [7, 11) is 1.48. The van der Waals surface area contributed by atoms with Crippen molar-refractivity contribution in [3.63, 3.8) is 0 Å². The van der Waals surface area contributed by atoms with Gasteiger partial charge in [-0.2, -0.15) is 13.2 Å². The van der Waals surface area contributed by atoms with Gasteiger partial charge in [-0.15, -0.1) is 11.3 Å². The lowest BCUT2D eigenvalue weighted by atomic mass is 10.2. The highest BCUT2D eigenvalue weighted by Crippen LogP contribution is 2.35. The fourth-order valence-corrected chi connectivity index (χ4v) is 3.02. The van der Waals surface area contributed by atoms with Crippen molar-refractivity contribution in [2.24, 2.45) is 0 Å². The van der Waals surface area contributed by atoms with E-state index in [1.807, 2.05) is 0 Å². The number of pyridine rings is 1. The molecule has 0 atom stereocenters. The number of hydrogen-bond acceptors (Lipinski definition) is 4. The topological polar surface area (TPSA) is 35.0 Å². The van der Waals surface area contributed by atoms with E-state index < -0.39 is 11.9 Å². The van der Waals surface area contributed by atoms with Crippen molar-refractivity contribution in [2.45, 2.75) is 6.18 Å². The number of methoxy groups -OCH3 is 1. The van der Waals surface area contributed by atoms with Crippen molar-refractivity contribution in [3.05, 3.63) is 40.4 Å². The Labute approximate surface area is 132 Å². The molecule has 0 aliphatic carbocycles. The van der Waals surface area contributed by atoms with Gasteiger partial charge in [-0.05, 0) is 18.2 Å². The predicted octanol–water partition coefficient (Wildman–Crippen LogP) is 5.04. The zero-order valence-corrected chi connectivity index (χ0v) is 12.7. The fraction of sp³-hybridized carbons (Fsp3) is 0.143. The Balaban J connectivity index is 2.12. The van der Waals surface area contributed by atoms with Crippen LogP contribution in [0.25, 0.3) is 21.6 Å². The molecule has 2 heterocycles. The molecule has 0 spiro atoms. The molecule has 3 nitrogen and oxygen atoms in total. The third-order valence-electron chi connectivity index (χ3n) is 3.00. The summed E-state index contributed by atoms with van der Waals surface area (Å²) in [5, 5.41) is 2.23. The van der Waals surface area contributed by atoms with Gasteiger partial charge in [0.15, 0.2) is 5.69 Å². The van der Waals surface area contributed by atoms with Gasteiger partial charge in [0, 0.05) is 10.8 Å². The van der Waals surface area contributed by atoms with Crippen LogP contribution in [0.4, 0.5) is 13.2 Å². The molecule has 3 aromatic rings. The maximum atomic E-state index is 12.6. The monoisotopic (exact) mass is 344 g/mol. The summed E-state index contributed by atoms with van der Waals surface area (Å²) in [6.07, 6.45) is -4.47. The number of benzene rings is 1. The van der Waals surface area contributed by atoms with Gasteiger partial charge in [-0.3, -0.25) is 0 Å². The summed E-state index contributed by atoms with van der Waals surface area (Å²) in [5.41, 5.74) is -0.128. The van der Waals surface area contributed by atoms with E-state index in [4.69, 9.17) is 16.3 Å². The molecule has 3 rings (SSSR count). The lowest BCUT2D eigenvalue weighted by Crippen LogP contribution is -2.04. The van der Waals surface area contributed by atoms with Crippen LogP contribution >= 0.6 is 22.9 Å². The number of halogens is 4. The van der Waals surface area contributed by atoms with E-state index >= 15 is 0 Å². The molecular weight excluding hydrogens is 337 g/mol. The molecule has 2 aromatic heterocycles. The molecule has 0 amide bonds. The standard InChI is InChI=1S/C14H8ClF3N2OS/c1-21-9-5-3-7-2-4-8(19-12(7)11(9)15)13-20-10(6-22-13)14(16,17)18/h2-6H,1H3. The molecule has 0 saturated heterocycles. The first-order chi connectivity index (χ1) is 10.4. The quantitative estimate of drug-likeness (QED) is 0.653. The maximum Gasteiger partial charge on any atom is 0.434 e. The average Bonchev–Trinajstić information content (AvgIpc) is 2.97. The summed E-state index contributed by atoms with van der Waals surface area (Å²) >= 11 is 7.08. The van der Waals surface area contributed by atoms with Crippen LogP contribution in [-0.4, -0.2) is 17.1 Å². The first kappa shape index (κ1) is 15.1. The second kappa shape index (κ2) is 5.40. The molecule has 22 heavy (non-hydrogen) atoms. The number of rotatable bonds is 2. The number of hydrogen-bond donors (Lipinski definition) is 0. The highest BCUT2D eigenvalue weighted by molar-refractivity contribution is 7.13. The Morgan fingerprint density at radius 3 is 2.50 bits per heavy atom. The van der Waals surface area contributed by atoms with Crippen LogP contribution in [0.1, 0.15) is 5.69 Å². The first-order valence-electron chi connectivity index (χ1n) is 6.06. The zero-order valence-electron chi connectivity index (χ0n) is 11.1. The molecule has 0 N–H and O–H groups in total. The first-order valence-corrected chi connectivity index (χ1v) is 7.32. The molecule has 1 aromatic carbocycles. The summed E-state index contributed by atoms with van der Waals surface area (Å²) in [5.74, 6) is 0.453. The third kappa shape index (κ3) is 2.62. The summed E-state index contributed by atoms with van der Waals surface area (Å²) in [6.45, 7) is 0. The van der Waals surface area contributed by atoms with Gasteiger partial charge in [0.05, 0.1) is 18.3 Å². The van der Waals surface area contributed by atoms with E-state index in [2.05, 4.69) is 9.97 Å². The van der Waals surface area contributed by atoms with Gasteiger partial charge >= 0.3 is 6.18 Å². The molecule has 0 aliphatic rings. The maximum absolute atomic E-state index is 12.6. The lowest BCUT2D eigenvalue weighted by molar-refractivity contribution is -0.140. The van der Waals surface area contributed by atoms with Crippen LogP contribution in [0.15, 0.2) is 29.6 Å². The number of alkyl halides is 3. The van der Waals surface area contributed by atoms with Crippen LogP contribution in [0.2, 0.25) is 5.02 Å². The molecule has 0 fully saturated rings. The summed E-state index contributed by atoms with van der Waals surface area (Å²) < 4.78 is 43.0. The van der Waals surface area contributed by atoms with Crippen molar-refractivity contribution in [1.29, 1.82) is 0 Å². The van der Waals surface area contributed by atoms with Crippen LogP contribution in [0, 0.1) is 0 Å². The van der Waals surface area contributed by atoms with E-state index in [9.17, 15) is 13.2 Å². The van der Waals surface area contributed by atoms with Crippen molar-refractivity contribution in [2.75, 3.05) is 7.11 Å². The van der Waals surface area contributed by atoms with Crippen LogP contribution < -0.4 is 4.74 Å². The summed E-state index contributed by atoms with van der Waals surface area (Å²) in [4.78, 5) is 7.91. The van der Waals surface area contributed by atoms with Crippen molar-refractivity contribution in [1.82, 2.24) is 9.97 Å². The minimum Gasteiger partial charge on any atom is -0.495 e. The predicted molar refractivity (Wildman–Crippen MR) is 79.4 cm³/mol. The van der Waals surface area contributed by atoms with E-state index in [1.54, 1.807) is 24.3 Å². The molecule has 0 aliphatic heterocycles. The van der Waals surface area contributed by atoms with E-state index in [-0.39, 0.29) is 5.01 Å². The van der Waals surface area contributed by atoms with Gasteiger partial charge in [0.1, 0.15) is 15.8 Å². The van der Waals surface area contributed by atoms with Crippen LogP contribution in [-0.2, 0) is 6.18 Å². The highest BCUT2D eigenvalue weighted by atomic mass is 35.5. The van der Waals surface area contributed by atoms with E-state index in [1.165, 1.54) is 7.11 Å². The van der Waals surface area contributed by atoms with Crippen LogP contribution in [0.5, 0.6) is 5.75 Å². The minimum absolute atomic E-state index is 0.188. The molecule has 8 heteroatoms. The normalized spacial score (nSPS) is 11.9. The number of aromatic nitrogens is 2. The SMILES string of the molecule is COc1ccc2ccc(-c3nc(C(F)(F)F)cs3)nc2c1Cl. The van der Waals surface area contributed by atoms with Gasteiger partial charge in [-0.1, -0.05) is 17.7 Å². The van der Waals surface area contributed by atoms with Gasteiger partial charge < -0.3 is 4.74 Å². The molecule has 114 valence electrons. The number of ether oxygens (including phenoxy) is 1. The van der Waals surface area contributed by atoms with Gasteiger partial charge in [0.2, 0.25) is 0 Å². The minimum atomic E-state index is -4.47. The summed E-state index contributed by atoms with van der Waals surface area (Å²) in [6, 6.07) is 6.83. The third-order valence-corrected chi connectivity index (χ3v) is 4.23. The Hall–Kier alpha value is -1.86. The molecule has 0 unspecified atom stereocenters. The Kier molecular flexibility index (Phi) is 3.70. The van der Waals surface area contributed by atoms with Gasteiger partial charge in [0.25, 0.3) is 0 Å².